The van der Waals surface area contributed by atoms with E-state index >= 15 is 0 Å². The Labute approximate surface area is 119 Å². The molecule has 0 bridgehead atoms. The highest BCUT2D eigenvalue weighted by atomic mass is 15.6. The molecule has 2 atom stereocenters. The van der Waals surface area contributed by atoms with Gasteiger partial charge in [0.1, 0.15) is 0 Å². The van der Waals surface area contributed by atoms with Gasteiger partial charge in [0.05, 0.1) is 7.05 Å². The topological polar surface area (TPSA) is 55.6 Å². The second kappa shape index (κ2) is 5.71. The minimum atomic E-state index is 0.410. The van der Waals surface area contributed by atoms with Crippen LogP contribution in [0.15, 0.2) is 24.3 Å². The summed E-state index contributed by atoms with van der Waals surface area (Å²) in [4.78, 5) is 1.53. The normalized spacial score (nSPS) is 19.6. The molecule has 1 heterocycles. The number of tetrazole rings is 1. The van der Waals surface area contributed by atoms with Gasteiger partial charge in [0.2, 0.25) is 0 Å². The molecule has 20 heavy (non-hydrogen) atoms. The van der Waals surface area contributed by atoms with Crippen LogP contribution in [0.4, 0.5) is 0 Å². The third-order valence-electron chi connectivity index (χ3n) is 4.28. The molecule has 0 amide bonds. The molecule has 1 aromatic carbocycles. The Morgan fingerprint density at radius 1 is 1.35 bits per heavy atom. The predicted molar refractivity (Wildman–Crippen MR) is 77.3 cm³/mol. The molecule has 2 unspecified atom stereocenters. The number of aryl methyl sites for hydroxylation is 2. The minimum Gasteiger partial charge on any atom is -0.316 e. The summed E-state index contributed by atoms with van der Waals surface area (Å²) in [5, 5.41) is 15.8. The quantitative estimate of drug-likeness (QED) is 0.906. The average molecular weight is 271 g/mol. The first-order chi connectivity index (χ1) is 9.76. The number of benzene rings is 1. The maximum atomic E-state index is 4.29. The van der Waals surface area contributed by atoms with Gasteiger partial charge in [-0.3, -0.25) is 0 Å². The smallest absolute Gasteiger partial charge is 0.176 e. The van der Waals surface area contributed by atoms with Crippen molar-refractivity contribution in [1.29, 1.82) is 0 Å². The molecule has 1 aromatic heterocycles. The lowest BCUT2D eigenvalue weighted by Gasteiger charge is -2.30. The lowest BCUT2D eigenvalue weighted by Crippen LogP contribution is -2.38. The highest BCUT2D eigenvalue weighted by Crippen LogP contribution is 2.28. The van der Waals surface area contributed by atoms with E-state index in [1.807, 2.05) is 14.1 Å². The fourth-order valence-corrected chi connectivity index (χ4v) is 3.18. The van der Waals surface area contributed by atoms with E-state index in [4.69, 9.17) is 0 Å². The summed E-state index contributed by atoms with van der Waals surface area (Å²) in [7, 11) is 3.84. The second-order valence-corrected chi connectivity index (χ2v) is 5.57. The van der Waals surface area contributed by atoms with Gasteiger partial charge in [0, 0.05) is 12.5 Å². The van der Waals surface area contributed by atoms with Crippen LogP contribution in [0.25, 0.3) is 0 Å². The number of nitrogens with zero attached hydrogens (tertiary/aromatic N) is 4. The van der Waals surface area contributed by atoms with E-state index in [1.54, 1.807) is 0 Å². The fraction of sp³-hybridized carbons (Fsp3) is 0.533. The van der Waals surface area contributed by atoms with Gasteiger partial charge in [-0.25, -0.2) is 0 Å². The molecule has 1 aliphatic carbocycles. The molecule has 0 spiro atoms. The van der Waals surface area contributed by atoms with Crippen LogP contribution in [0.2, 0.25) is 0 Å². The van der Waals surface area contributed by atoms with Crippen molar-refractivity contribution in [3.8, 4) is 0 Å². The maximum Gasteiger partial charge on any atom is 0.176 e. The number of likely N-dealkylation sites (N-methyl/N-ethyl adjacent to an activating group) is 1. The van der Waals surface area contributed by atoms with Gasteiger partial charge in [-0.2, -0.15) is 4.80 Å². The van der Waals surface area contributed by atoms with Gasteiger partial charge in [0.15, 0.2) is 5.82 Å². The summed E-state index contributed by atoms with van der Waals surface area (Å²) in [6, 6.07) is 9.20. The molecular weight excluding hydrogens is 250 g/mol. The minimum absolute atomic E-state index is 0.410. The van der Waals surface area contributed by atoms with E-state index < -0.39 is 0 Å². The Morgan fingerprint density at radius 2 is 2.15 bits per heavy atom. The molecule has 0 radical (unpaired) electrons. The molecule has 106 valence electrons. The zero-order valence-corrected chi connectivity index (χ0v) is 12.1. The van der Waals surface area contributed by atoms with Gasteiger partial charge in [-0.1, -0.05) is 24.3 Å². The van der Waals surface area contributed by atoms with E-state index in [0.29, 0.717) is 12.0 Å². The van der Waals surface area contributed by atoms with E-state index in [1.165, 1.54) is 28.8 Å². The molecular formula is C15H21N5. The van der Waals surface area contributed by atoms with Crippen LogP contribution >= 0.6 is 0 Å². The van der Waals surface area contributed by atoms with Crippen molar-refractivity contribution in [2.45, 2.75) is 31.7 Å². The highest BCUT2D eigenvalue weighted by Gasteiger charge is 2.26. The number of hydrogen-bond donors (Lipinski definition) is 1. The third-order valence-corrected chi connectivity index (χ3v) is 4.28. The van der Waals surface area contributed by atoms with Gasteiger partial charge in [-0.15, -0.1) is 10.2 Å². The van der Waals surface area contributed by atoms with Gasteiger partial charge >= 0.3 is 0 Å². The van der Waals surface area contributed by atoms with Crippen LogP contribution in [0.3, 0.4) is 0 Å². The molecule has 5 nitrogen and oxygen atoms in total. The zero-order valence-electron chi connectivity index (χ0n) is 12.1. The van der Waals surface area contributed by atoms with E-state index in [9.17, 15) is 0 Å². The second-order valence-electron chi connectivity index (χ2n) is 5.57. The first-order valence-electron chi connectivity index (χ1n) is 7.23. The molecule has 0 fully saturated rings. The molecule has 1 N–H and O–H groups in total. The van der Waals surface area contributed by atoms with Gasteiger partial charge in [-0.05, 0) is 48.6 Å². The number of nitrogens with one attached hydrogen (secondary N) is 1. The molecule has 3 rings (SSSR count). The monoisotopic (exact) mass is 271 g/mol. The van der Waals surface area contributed by atoms with Gasteiger partial charge in [0.25, 0.3) is 0 Å². The van der Waals surface area contributed by atoms with Gasteiger partial charge < -0.3 is 5.32 Å². The van der Waals surface area contributed by atoms with Crippen molar-refractivity contribution in [2.24, 2.45) is 13.0 Å². The number of rotatable bonds is 4. The molecule has 1 aliphatic rings. The first-order valence-corrected chi connectivity index (χ1v) is 7.23. The fourth-order valence-electron chi connectivity index (χ4n) is 3.18. The van der Waals surface area contributed by atoms with Crippen molar-refractivity contribution >= 4 is 0 Å². The lowest BCUT2D eigenvalue weighted by atomic mass is 9.79. The standard InChI is InChI=1S/C15H21N5/c1-16-14(10-15-17-19-20(2)18-15)13-8-7-11-5-3-4-6-12(11)9-13/h3-6,13-14,16H,7-10H2,1-2H3. The summed E-state index contributed by atoms with van der Waals surface area (Å²) in [5.74, 6) is 1.46. The maximum absolute atomic E-state index is 4.29. The number of hydrogen-bond acceptors (Lipinski definition) is 4. The van der Waals surface area contributed by atoms with Crippen LogP contribution in [0.1, 0.15) is 23.4 Å². The number of fused-ring (bicyclic) bond motifs is 1. The highest BCUT2D eigenvalue weighted by molar-refractivity contribution is 5.30. The largest absolute Gasteiger partial charge is 0.316 e. The third kappa shape index (κ3) is 2.72. The Kier molecular flexibility index (Phi) is 3.78. The van der Waals surface area contributed by atoms with Crippen LogP contribution < -0.4 is 5.32 Å². The van der Waals surface area contributed by atoms with Crippen molar-refractivity contribution in [3.63, 3.8) is 0 Å². The first kappa shape index (κ1) is 13.2. The average Bonchev–Trinajstić information content (AvgIpc) is 2.89. The molecule has 0 saturated carbocycles. The van der Waals surface area contributed by atoms with E-state index in [2.05, 4.69) is 45.0 Å². The summed E-state index contributed by atoms with van der Waals surface area (Å²) >= 11 is 0. The van der Waals surface area contributed by atoms with Crippen molar-refractivity contribution < 1.29 is 0 Å². The SMILES string of the molecule is CNC(Cc1nnn(C)n1)C1CCc2ccccc2C1. The summed E-state index contributed by atoms with van der Waals surface area (Å²) in [6.45, 7) is 0. The zero-order chi connectivity index (χ0) is 13.9. The van der Waals surface area contributed by atoms with E-state index in [0.717, 1.165) is 18.7 Å². The Morgan fingerprint density at radius 3 is 2.85 bits per heavy atom. The Bertz CT molecular complexity index is 577. The molecule has 0 aliphatic heterocycles. The Balaban J connectivity index is 1.71. The summed E-state index contributed by atoms with van der Waals surface area (Å²) in [5.41, 5.74) is 3.01. The summed E-state index contributed by atoms with van der Waals surface area (Å²) < 4.78 is 0. The Hall–Kier alpha value is -1.75. The molecule has 0 saturated heterocycles. The lowest BCUT2D eigenvalue weighted by molar-refractivity contribution is 0.329. The summed E-state index contributed by atoms with van der Waals surface area (Å²) in [6.07, 6.45) is 4.38. The predicted octanol–water partition coefficient (Wildman–Crippen LogP) is 1.15. The van der Waals surface area contributed by atoms with Crippen LogP contribution in [0, 0.1) is 5.92 Å². The number of aromatic nitrogens is 4. The van der Waals surface area contributed by atoms with Crippen molar-refractivity contribution in [1.82, 2.24) is 25.5 Å². The van der Waals surface area contributed by atoms with Crippen molar-refractivity contribution in [3.05, 3.63) is 41.2 Å². The van der Waals surface area contributed by atoms with Crippen molar-refractivity contribution in [2.75, 3.05) is 7.05 Å². The molecule has 5 heteroatoms. The molecule has 2 aromatic rings. The van der Waals surface area contributed by atoms with Crippen LogP contribution in [0.5, 0.6) is 0 Å². The van der Waals surface area contributed by atoms with Crippen LogP contribution in [-0.2, 0) is 26.3 Å². The van der Waals surface area contributed by atoms with Crippen LogP contribution in [-0.4, -0.2) is 33.3 Å². The van der Waals surface area contributed by atoms with E-state index in [-0.39, 0.29) is 0 Å².